The van der Waals surface area contributed by atoms with Crippen LogP contribution in [0.25, 0.3) is 5.65 Å². The minimum atomic E-state index is -0.675. The number of nitrogens with zero attached hydrogens (tertiary/aromatic N) is 4. The monoisotopic (exact) mass is 563 g/mol. The first-order valence-corrected chi connectivity index (χ1v) is 14.6. The first kappa shape index (κ1) is 30.2. The lowest BCUT2D eigenvalue weighted by atomic mass is 9.85. The van der Waals surface area contributed by atoms with E-state index in [2.05, 4.69) is 10.3 Å². The number of aromatic nitrogens is 2. The molecular formula is C32H42FN5O3. The van der Waals surface area contributed by atoms with E-state index in [0.717, 1.165) is 18.4 Å². The average Bonchev–Trinajstić information content (AvgIpc) is 3.60. The molecule has 0 saturated carbocycles. The van der Waals surface area contributed by atoms with Gasteiger partial charge in [-0.1, -0.05) is 52.8 Å². The number of fused-ring (bicyclic) bond motifs is 1. The Balaban J connectivity index is 1.57. The quantitative estimate of drug-likeness (QED) is 0.387. The van der Waals surface area contributed by atoms with E-state index in [1.807, 2.05) is 68.3 Å². The van der Waals surface area contributed by atoms with Gasteiger partial charge in [0.2, 0.25) is 11.8 Å². The summed E-state index contributed by atoms with van der Waals surface area (Å²) in [6, 6.07) is 11.0. The molecule has 2 aromatic heterocycles. The molecule has 1 aliphatic heterocycles. The number of halogens is 1. The third kappa shape index (κ3) is 7.31. The fourth-order valence-electron chi connectivity index (χ4n) is 5.25. The molecule has 0 bridgehead atoms. The Hall–Kier alpha value is -3.75. The number of carbonyl (C=O) groups is 3. The van der Waals surface area contributed by atoms with Crippen LogP contribution in [0.2, 0.25) is 0 Å². The summed E-state index contributed by atoms with van der Waals surface area (Å²) in [7, 11) is 0. The average molecular weight is 564 g/mol. The Labute approximate surface area is 241 Å². The zero-order valence-corrected chi connectivity index (χ0v) is 24.8. The zero-order valence-electron chi connectivity index (χ0n) is 24.8. The number of likely N-dealkylation sites (tertiary alicyclic amines) is 1. The largest absolute Gasteiger partial charge is 0.344 e. The van der Waals surface area contributed by atoms with Crippen LogP contribution >= 0.6 is 0 Å². The van der Waals surface area contributed by atoms with Crippen molar-refractivity contribution >= 4 is 23.4 Å². The van der Waals surface area contributed by atoms with E-state index in [1.54, 1.807) is 23.2 Å². The molecule has 8 nitrogen and oxygen atoms in total. The van der Waals surface area contributed by atoms with Crippen molar-refractivity contribution in [2.75, 3.05) is 19.6 Å². The van der Waals surface area contributed by atoms with Gasteiger partial charge in [0.25, 0.3) is 5.91 Å². The second-order valence-electron chi connectivity index (χ2n) is 12.2. The van der Waals surface area contributed by atoms with E-state index >= 15 is 0 Å². The summed E-state index contributed by atoms with van der Waals surface area (Å²) >= 11 is 0. The minimum Gasteiger partial charge on any atom is -0.344 e. The Morgan fingerprint density at radius 1 is 1.15 bits per heavy atom. The summed E-state index contributed by atoms with van der Waals surface area (Å²) in [5.74, 6) is -0.949. The zero-order chi connectivity index (χ0) is 29.7. The highest BCUT2D eigenvalue weighted by Gasteiger charge is 2.40. The number of amides is 3. The van der Waals surface area contributed by atoms with E-state index in [4.69, 9.17) is 0 Å². The maximum atomic E-state index is 14.0. The van der Waals surface area contributed by atoms with Gasteiger partial charge in [0.1, 0.15) is 23.2 Å². The molecule has 1 aliphatic rings. The Morgan fingerprint density at radius 3 is 2.54 bits per heavy atom. The maximum absolute atomic E-state index is 14.0. The predicted molar refractivity (Wildman–Crippen MR) is 157 cm³/mol. The molecule has 0 radical (unpaired) electrons. The molecule has 1 aromatic carbocycles. The van der Waals surface area contributed by atoms with Crippen molar-refractivity contribution in [2.45, 2.75) is 72.4 Å². The summed E-state index contributed by atoms with van der Waals surface area (Å²) in [4.78, 5) is 48.7. The molecule has 1 saturated heterocycles. The highest BCUT2D eigenvalue weighted by atomic mass is 19.1. The van der Waals surface area contributed by atoms with Crippen molar-refractivity contribution < 1.29 is 18.8 Å². The number of rotatable bonds is 10. The molecule has 220 valence electrons. The van der Waals surface area contributed by atoms with E-state index in [0.29, 0.717) is 43.8 Å². The fourth-order valence-corrected chi connectivity index (χ4v) is 5.25. The van der Waals surface area contributed by atoms with Gasteiger partial charge in [-0.2, -0.15) is 0 Å². The van der Waals surface area contributed by atoms with Gasteiger partial charge >= 0.3 is 0 Å². The van der Waals surface area contributed by atoms with Gasteiger partial charge in [-0.05, 0) is 60.9 Å². The third-order valence-corrected chi connectivity index (χ3v) is 8.00. The van der Waals surface area contributed by atoms with Gasteiger partial charge in [0.05, 0.1) is 0 Å². The smallest absolute Gasteiger partial charge is 0.274 e. The Morgan fingerprint density at radius 2 is 1.88 bits per heavy atom. The molecule has 3 amide bonds. The third-order valence-electron chi connectivity index (χ3n) is 8.00. The number of pyridine rings is 1. The SMILES string of the molecule is CC[C@@H](C)C(=O)N[C@H](C(=O)N1CCC[C@H]1CN(CCc1ccc(F)cc1)C(=O)c1cn2ccccc2n1)C(C)(C)C. The number of hydrogen-bond donors (Lipinski definition) is 1. The number of carbonyl (C=O) groups excluding carboxylic acids is 3. The van der Waals surface area contributed by atoms with Gasteiger partial charge in [-0.25, -0.2) is 9.37 Å². The molecular weight excluding hydrogens is 521 g/mol. The van der Waals surface area contributed by atoms with Crippen LogP contribution < -0.4 is 5.32 Å². The van der Waals surface area contributed by atoms with E-state index in [1.165, 1.54) is 12.1 Å². The van der Waals surface area contributed by atoms with Crippen molar-refractivity contribution in [2.24, 2.45) is 11.3 Å². The van der Waals surface area contributed by atoms with Crippen LogP contribution in [-0.2, 0) is 16.0 Å². The lowest BCUT2D eigenvalue weighted by Gasteiger charge is -2.37. The number of hydrogen-bond acceptors (Lipinski definition) is 4. The fraction of sp³-hybridized carbons (Fsp3) is 0.500. The number of nitrogens with one attached hydrogen (secondary N) is 1. The molecule has 1 N–H and O–H groups in total. The van der Waals surface area contributed by atoms with Crippen LogP contribution in [0.15, 0.2) is 54.9 Å². The molecule has 9 heteroatoms. The molecule has 41 heavy (non-hydrogen) atoms. The molecule has 0 unspecified atom stereocenters. The van der Waals surface area contributed by atoms with Crippen LogP contribution in [0.3, 0.4) is 0 Å². The van der Waals surface area contributed by atoms with Gasteiger partial charge in [0, 0.05) is 44.0 Å². The highest BCUT2D eigenvalue weighted by Crippen LogP contribution is 2.27. The van der Waals surface area contributed by atoms with E-state index < -0.39 is 11.5 Å². The van der Waals surface area contributed by atoms with Crippen LogP contribution in [0.4, 0.5) is 4.39 Å². The van der Waals surface area contributed by atoms with Crippen LogP contribution in [-0.4, -0.2) is 68.6 Å². The van der Waals surface area contributed by atoms with E-state index in [-0.39, 0.29) is 35.5 Å². The molecule has 0 spiro atoms. The van der Waals surface area contributed by atoms with Gasteiger partial charge in [0.15, 0.2) is 0 Å². The number of imidazole rings is 1. The molecule has 0 aliphatic carbocycles. The summed E-state index contributed by atoms with van der Waals surface area (Å²) in [6.07, 6.45) is 6.38. The topological polar surface area (TPSA) is 87.0 Å². The first-order valence-electron chi connectivity index (χ1n) is 14.6. The molecule has 4 rings (SSSR count). The van der Waals surface area contributed by atoms with Crippen molar-refractivity contribution in [3.8, 4) is 0 Å². The normalized spacial score (nSPS) is 16.9. The summed E-state index contributed by atoms with van der Waals surface area (Å²) in [5, 5.41) is 3.02. The molecule has 3 atom stereocenters. The van der Waals surface area contributed by atoms with Crippen molar-refractivity contribution in [3.05, 3.63) is 71.9 Å². The Bertz CT molecular complexity index is 1330. The van der Waals surface area contributed by atoms with Gasteiger partial charge in [-0.3, -0.25) is 14.4 Å². The molecule has 3 heterocycles. The highest BCUT2D eigenvalue weighted by molar-refractivity contribution is 5.93. The number of benzene rings is 1. The maximum Gasteiger partial charge on any atom is 0.274 e. The van der Waals surface area contributed by atoms with E-state index in [9.17, 15) is 18.8 Å². The lowest BCUT2D eigenvalue weighted by molar-refractivity contribution is -0.141. The van der Waals surface area contributed by atoms with Crippen LogP contribution in [0, 0.1) is 17.2 Å². The molecule has 3 aromatic rings. The van der Waals surface area contributed by atoms with Crippen LogP contribution in [0.5, 0.6) is 0 Å². The second kappa shape index (κ2) is 12.8. The van der Waals surface area contributed by atoms with Crippen molar-refractivity contribution in [1.82, 2.24) is 24.5 Å². The van der Waals surface area contributed by atoms with Crippen molar-refractivity contribution in [1.29, 1.82) is 0 Å². The standard InChI is InChI=1S/C32H42FN5O3/c1-6-22(2)29(39)35-28(32(3,4)5)31(41)38-18-9-10-25(38)20-37(19-16-23-12-14-24(33)15-13-23)30(40)26-21-36-17-8-7-11-27(36)34-26/h7-8,11-15,17,21-22,25,28H,6,9-10,16,18-20H2,1-5H3,(H,35,39)/t22-,25+,28-/m1/s1. The summed E-state index contributed by atoms with van der Waals surface area (Å²) < 4.78 is 15.3. The minimum absolute atomic E-state index is 0.115. The van der Waals surface area contributed by atoms with Crippen molar-refractivity contribution in [3.63, 3.8) is 0 Å². The van der Waals surface area contributed by atoms with Gasteiger partial charge in [-0.15, -0.1) is 0 Å². The van der Waals surface area contributed by atoms with Crippen LogP contribution in [0.1, 0.15) is 69.9 Å². The van der Waals surface area contributed by atoms with Gasteiger partial charge < -0.3 is 19.5 Å². The molecule has 1 fully saturated rings. The summed E-state index contributed by atoms with van der Waals surface area (Å²) in [5.41, 5.74) is 1.44. The summed E-state index contributed by atoms with van der Waals surface area (Å²) in [6.45, 7) is 11.0. The first-order chi connectivity index (χ1) is 19.5. The predicted octanol–water partition coefficient (Wildman–Crippen LogP) is 4.73. The Kier molecular flexibility index (Phi) is 9.46. The lowest BCUT2D eigenvalue weighted by Crippen LogP contribution is -2.57. The second-order valence-corrected chi connectivity index (χ2v) is 12.2.